The van der Waals surface area contributed by atoms with Crippen molar-refractivity contribution in [3.05, 3.63) is 90.2 Å². The molecule has 0 atom stereocenters. The summed E-state index contributed by atoms with van der Waals surface area (Å²) in [6.07, 6.45) is 0. The molecule has 3 aromatic rings. The Morgan fingerprint density at radius 1 is 0.846 bits per heavy atom. The monoisotopic (exact) mass is 369 g/mol. The maximum Gasteiger partial charge on any atom is 0.240 e. The Balaban J connectivity index is 1.74. The summed E-state index contributed by atoms with van der Waals surface area (Å²) in [6, 6.07) is 20.6. The zero-order valence-corrected chi connectivity index (χ0v) is 14.5. The van der Waals surface area contributed by atoms with Gasteiger partial charge in [0.05, 0.1) is 11.4 Å². The van der Waals surface area contributed by atoms with E-state index in [0.717, 1.165) is 11.1 Å². The summed E-state index contributed by atoms with van der Waals surface area (Å²) in [5.74, 6) is -0.690. The molecule has 0 aromatic heterocycles. The molecule has 0 aliphatic rings. The van der Waals surface area contributed by atoms with E-state index < -0.39 is 10.0 Å². The van der Waals surface area contributed by atoms with Crippen LogP contribution in [0.5, 0.6) is 0 Å². The molecule has 0 spiro atoms. The van der Waals surface area contributed by atoms with Gasteiger partial charge in [0.15, 0.2) is 5.78 Å². The molecule has 0 bridgehead atoms. The van der Waals surface area contributed by atoms with Crippen LogP contribution in [0.15, 0.2) is 83.8 Å². The number of ketones is 1. The number of nitrogens with one attached hydrogen (secondary N) is 1. The molecule has 132 valence electrons. The van der Waals surface area contributed by atoms with Crippen LogP contribution in [-0.2, 0) is 10.0 Å². The summed E-state index contributed by atoms with van der Waals surface area (Å²) in [5.41, 5.74) is 1.90. The fourth-order valence-electron chi connectivity index (χ4n) is 2.46. The lowest BCUT2D eigenvalue weighted by Gasteiger charge is -2.08. The van der Waals surface area contributed by atoms with Crippen LogP contribution >= 0.6 is 0 Å². The second-order valence-corrected chi connectivity index (χ2v) is 7.42. The number of rotatable bonds is 6. The molecule has 3 aromatic carbocycles. The molecule has 0 fully saturated rings. The molecule has 1 N–H and O–H groups in total. The van der Waals surface area contributed by atoms with Crippen LogP contribution < -0.4 is 4.72 Å². The third-order valence-electron chi connectivity index (χ3n) is 3.84. The van der Waals surface area contributed by atoms with Gasteiger partial charge in [0.25, 0.3) is 0 Å². The summed E-state index contributed by atoms with van der Waals surface area (Å²) in [6.45, 7) is -0.343. The predicted molar refractivity (Wildman–Crippen MR) is 97.8 cm³/mol. The topological polar surface area (TPSA) is 63.2 Å². The molecule has 0 aliphatic carbocycles. The Labute approximate surface area is 151 Å². The molecule has 3 rings (SSSR count). The Kier molecular flexibility index (Phi) is 5.25. The first kappa shape index (κ1) is 18.0. The normalized spacial score (nSPS) is 11.3. The Hall–Kier alpha value is -2.83. The van der Waals surface area contributed by atoms with E-state index in [9.17, 15) is 17.6 Å². The van der Waals surface area contributed by atoms with Crippen LogP contribution in [0.2, 0.25) is 0 Å². The van der Waals surface area contributed by atoms with Crippen molar-refractivity contribution in [1.82, 2.24) is 4.72 Å². The van der Waals surface area contributed by atoms with Crippen molar-refractivity contribution < 1.29 is 17.6 Å². The minimum Gasteiger partial charge on any atom is -0.293 e. The maximum atomic E-state index is 13.0. The van der Waals surface area contributed by atoms with E-state index in [2.05, 4.69) is 4.72 Å². The van der Waals surface area contributed by atoms with E-state index in [1.54, 1.807) is 54.6 Å². The van der Waals surface area contributed by atoms with Crippen LogP contribution in [0.4, 0.5) is 4.39 Å². The largest absolute Gasteiger partial charge is 0.293 e. The first-order chi connectivity index (χ1) is 12.5. The average Bonchev–Trinajstić information content (AvgIpc) is 2.67. The third-order valence-corrected chi connectivity index (χ3v) is 5.26. The SMILES string of the molecule is O=C(CNS(=O)(=O)c1ccccc1)c1cccc(-c2ccc(F)cc2)c1. The van der Waals surface area contributed by atoms with Gasteiger partial charge in [-0.3, -0.25) is 4.79 Å². The van der Waals surface area contributed by atoms with E-state index in [1.165, 1.54) is 24.3 Å². The zero-order chi connectivity index (χ0) is 18.6. The molecule has 26 heavy (non-hydrogen) atoms. The highest BCUT2D eigenvalue weighted by atomic mass is 32.2. The van der Waals surface area contributed by atoms with E-state index in [4.69, 9.17) is 0 Å². The van der Waals surface area contributed by atoms with Gasteiger partial charge in [0.2, 0.25) is 10.0 Å². The Bertz CT molecular complexity index is 1020. The number of sulfonamides is 1. The van der Waals surface area contributed by atoms with E-state index >= 15 is 0 Å². The van der Waals surface area contributed by atoms with Gasteiger partial charge in [0.1, 0.15) is 5.82 Å². The van der Waals surface area contributed by atoms with Gasteiger partial charge in [-0.25, -0.2) is 17.5 Å². The lowest BCUT2D eigenvalue weighted by atomic mass is 10.0. The molecule has 4 nitrogen and oxygen atoms in total. The molecule has 0 saturated heterocycles. The van der Waals surface area contributed by atoms with Crippen LogP contribution in [0.25, 0.3) is 11.1 Å². The Morgan fingerprint density at radius 3 is 2.23 bits per heavy atom. The lowest BCUT2D eigenvalue weighted by Crippen LogP contribution is -2.29. The summed E-state index contributed by atoms with van der Waals surface area (Å²) in [7, 11) is -3.74. The smallest absolute Gasteiger partial charge is 0.240 e. The molecular weight excluding hydrogens is 353 g/mol. The molecule has 6 heteroatoms. The molecule has 0 unspecified atom stereocenters. The van der Waals surface area contributed by atoms with Gasteiger partial charge >= 0.3 is 0 Å². The van der Waals surface area contributed by atoms with Crippen molar-refractivity contribution in [2.24, 2.45) is 0 Å². The summed E-state index contributed by atoms with van der Waals surface area (Å²) < 4.78 is 39.7. The van der Waals surface area contributed by atoms with Gasteiger partial charge in [0, 0.05) is 5.56 Å². The molecule has 0 radical (unpaired) electrons. The van der Waals surface area contributed by atoms with Crippen molar-refractivity contribution in [2.45, 2.75) is 4.90 Å². The molecule has 0 heterocycles. The number of Topliss-reactive ketones (excluding diaryl/α,β-unsaturated/α-hetero) is 1. The second kappa shape index (κ2) is 7.59. The average molecular weight is 369 g/mol. The van der Waals surface area contributed by atoms with Crippen LogP contribution in [0, 0.1) is 5.82 Å². The fraction of sp³-hybridized carbons (Fsp3) is 0.0500. The van der Waals surface area contributed by atoms with Crippen molar-refractivity contribution >= 4 is 15.8 Å². The van der Waals surface area contributed by atoms with Crippen molar-refractivity contribution in [1.29, 1.82) is 0 Å². The molecular formula is C20H16FNO3S. The predicted octanol–water partition coefficient (Wildman–Crippen LogP) is 3.65. The van der Waals surface area contributed by atoms with Gasteiger partial charge < -0.3 is 0 Å². The summed E-state index contributed by atoms with van der Waals surface area (Å²) in [4.78, 5) is 12.5. The van der Waals surface area contributed by atoms with E-state index in [1.807, 2.05) is 0 Å². The van der Waals surface area contributed by atoms with Crippen molar-refractivity contribution in [2.75, 3.05) is 6.54 Å². The number of hydrogen-bond donors (Lipinski definition) is 1. The standard InChI is InChI=1S/C20H16FNO3S/c21-18-11-9-15(10-12-18)16-5-4-6-17(13-16)20(23)14-22-26(24,25)19-7-2-1-3-8-19/h1-13,22H,14H2. The van der Waals surface area contributed by atoms with Crippen LogP contribution in [0.3, 0.4) is 0 Å². The molecule has 0 amide bonds. The number of carbonyl (C=O) groups excluding carboxylic acids is 1. The van der Waals surface area contributed by atoms with Gasteiger partial charge in [-0.05, 0) is 41.5 Å². The third kappa shape index (κ3) is 4.22. The van der Waals surface area contributed by atoms with Crippen molar-refractivity contribution in [3.8, 4) is 11.1 Å². The summed E-state index contributed by atoms with van der Waals surface area (Å²) >= 11 is 0. The first-order valence-corrected chi connectivity index (χ1v) is 9.38. The van der Waals surface area contributed by atoms with E-state index in [0.29, 0.717) is 5.56 Å². The van der Waals surface area contributed by atoms with Gasteiger partial charge in [-0.2, -0.15) is 0 Å². The minimum absolute atomic E-state index is 0.105. The minimum atomic E-state index is -3.74. The first-order valence-electron chi connectivity index (χ1n) is 7.90. The number of carbonyl (C=O) groups is 1. The maximum absolute atomic E-state index is 13.0. The van der Waals surface area contributed by atoms with Gasteiger partial charge in [-0.15, -0.1) is 0 Å². The highest BCUT2D eigenvalue weighted by Gasteiger charge is 2.16. The van der Waals surface area contributed by atoms with Crippen molar-refractivity contribution in [3.63, 3.8) is 0 Å². The summed E-state index contributed by atoms with van der Waals surface area (Å²) in [5, 5.41) is 0. The molecule has 0 saturated carbocycles. The number of halogens is 1. The second-order valence-electron chi connectivity index (χ2n) is 5.65. The number of hydrogen-bond acceptors (Lipinski definition) is 3. The quantitative estimate of drug-likeness (QED) is 0.675. The van der Waals surface area contributed by atoms with Crippen LogP contribution in [0.1, 0.15) is 10.4 Å². The Morgan fingerprint density at radius 2 is 1.54 bits per heavy atom. The van der Waals surface area contributed by atoms with E-state index in [-0.39, 0.29) is 23.0 Å². The number of benzene rings is 3. The highest BCUT2D eigenvalue weighted by Crippen LogP contribution is 2.21. The highest BCUT2D eigenvalue weighted by molar-refractivity contribution is 7.89. The lowest BCUT2D eigenvalue weighted by molar-refractivity contribution is 0.0997. The molecule has 0 aliphatic heterocycles. The van der Waals surface area contributed by atoms with Crippen LogP contribution in [-0.4, -0.2) is 20.7 Å². The fourth-order valence-corrected chi connectivity index (χ4v) is 3.46. The zero-order valence-electron chi connectivity index (χ0n) is 13.7. The van der Waals surface area contributed by atoms with Gasteiger partial charge in [-0.1, -0.05) is 48.5 Å².